The third-order valence-corrected chi connectivity index (χ3v) is 30.1. The van der Waals surface area contributed by atoms with Crippen LogP contribution in [-0.4, -0.2) is 63.5 Å². The van der Waals surface area contributed by atoms with Crippen molar-refractivity contribution in [1.82, 2.24) is 39.0 Å². The van der Waals surface area contributed by atoms with Crippen LogP contribution in [0.15, 0.2) is 448 Å². The molecule has 0 spiro atoms. The van der Waals surface area contributed by atoms with E-state index in [9.17, 15) is 10.2 Å². The highest BCUT2D eigenvalue weighted by molar-refractivity contribution is 9.10. The molecule has 0 radical (unpaired) electrons. The first-order chi connectivity index (χ1) is 72.9. The third-order valence-electron chi connectivity index (χ3n) is 29.6. The number of hydrogen-bond acceptors (Lipinski definition) is 16. The first-order valence-corrected chi connectivity index (χ1v) is 51.2. The van der Waals surface area contributed by atoms with E-state index < -0.39 is 0 Å². The highest BCUT2D eigenvalue weighted by Crippen LogP contribution is 2.59. The number of benzene rings is 14. The number of rotatable bonds is 10. The van der Waals surface area contributed by atoms with Gasteiger partial charge in [-0.05, 0) is 225 Å². The predicted octanol–water partition coefficient (Wildman–Crippen LogP) is 33.5. The van der Waals surface area contributed by atoms with Crippen LogP contribution in [0.25, 0.3) is 55.2 Å². The molecule has 150 heavy (non-hydrogen) atoms. The van der Waals surface area contributed by atoms with Crippen LogP contribution in [0.2, 0.25) is 0 Å². The van der Waals surface area contributed by atoms with E-state index in [0.717, 1.165) is 124 Å². The number of pyridine rings is 6. The Balaban J connectivity index is 0.000000105. The lowest BCUT2D eigenvalue weighted by atomic mass is 9.73. The average Bonchev–Trinajstić information content (AvgIpc) is 1.17. The Morgan fingerprint density at radius 1 is 0.227 bits per heavy atom. The fourth-order valence-corrected chi connectivity index (χ4v) is 22.6. The third kappa shape index (κ3) is 17.7. The summed E-state index contributed by atoms with van der Waals surface area (Å²) in [6.07, 6.45) is 10.9. The molecule has 5 aliphatic rings. The molecule has 13 heterocycles. The van der Waals surface area contributed by atoms with Gasteiger partial charge < -0.3 is 29.7 Å². The van der Waals surface area contributed by atoms with E-state index in [1.807, 2.05) is 183 Å². The topological polar surface area (TPSA) is 180 Å². The summed E-state index contributed by atoms with van der Waals surface area (Å²) in [5, 5.41) is 28.4. The Labute approximate surface area is 882 Å². The standard InChI is InChI=1S/C37H28N4O.C21H20N2O.2C20H18N2O.C17H11BrN2.C16H17NO/c1-37(2)29-12-4-6-14-32(29)41(36-16-8-10-22-39-36)34-24-26(18-20-30(34)37)42-25-17-19-28-27-11-3-5-13-31(27)40(33(28)23-25)35-15-7-9-21-38-35;1-21(2)16-8-4-5-9-18(16)23(20-10-6-7-13-22-20)19-14-15(24-3)11-12-17(19)21;2*1-20(2)15-7-3-4-8-17(15)22(19-9-5-6-12-21-19)18-13-14(23)10-11-16(18)20;18-12-8-9-14-13-5-1-2-6-15(13)20(16(14)11-12)17-7-3-4-10-19-17;1-16(2)12-6-4-5-7-14(12)17-15-10-11(18-3)8-9-13(15)16/h3-24H,1-2H3;4-14H,1-3H3;2*3-13,23H,1-2H3;1-11H;4-10,17H,1-3H3. The van der Waals surface area contributed by atoms with E-state index in [0.29, 0.717) is 0 Å². The zero-order valence-corrected chi connectivity index (χ0v) is 87.1. The SMILES string of the molecule is Brc1ccc2c3ccccc3n(-c3ccccn3)c2c1.CC1(C)c2ccccc2N(c2ccccn2)c2cc(O)ccc21.CC1(C)c2ccccc2N(c2ccccn2)c2cc(O)ccc21.CC1(C)c2ccccc2N(c2ccccn2)c2cc(Oc3ccc4c5ccccc5n(-c5ccccn5)c4c3)ccc21.COc1ccc2c(c1)N(c1ccccn1)c1ccccc1C2(C)C.COc1ccc2c(c1)Nc1ccccc1C2(C)C. The minimum absolute atomic E-state index is 0.0173. The molecule has 18 nitrogen and oxygen atoms in total. The normalized spacial score (nSPS) is 14.1. The van der Waals surface area contributed by atoms with Crippen LogP contribution in [0.1, 0.15) is 125 Å². The van der Waals surface area contributed by atoms with Crippen LogP contribution in [0, 0.1) is 0 Å². The summed E-state index contributed by atoms with van der Waals surface area (Å²) in [6, 6.07) is 138. The molecule has 27 rings (SSSR count). The van der Waals surface area contributed by atoms with Gasteiger partial charge in [0.05, 0.1) is 81.8 Å². The van der Waals surface area contributed by atoms with Gasteiger partial charge in [0.15, 0.2) is 0 Å². The Kier molecular flexibility index (Phi) is 25.7. The number of nitrogens with zero attached hydrogens (tertiary/aromatic N) is 12. The van der Waals surface area contributed by atoms with Gasteiger partial charge in [-0.25, -0.2) is 29.9 Å². The van der Waals surface area contributed by atoms with Crippen molar-refractivity contribution in [3.63, 3.8) is 0 Å². The maximum atomic E-state index is 10.0. The Morgan fingerprint density at radius 2 is 0.500 bits per heavy atom. The molecule has 738 valence electrons. The summed E-state index contributed by atoms with van der Waals surface area (Å²) in [7, 11) is 3.40. The summed E-state index contributed by atoms with van der Waals surface area (Å²) in [4.78, 5) is 36.2. The molecule has 0 saturated heterocycles. The number of nitrogens with one attached hydrogen (secondary N) is 1. The lowest BCUT2D eigenvalue weighted by Gasteiger charge is -2.41. The number of fused-ring (bicyclic) bond motifs is 16. The van der Waals surface area contributed by atoms with Crippen molar-refractivity contribution in [2.75, 3.05) is 39.1 Å². The average molecular weight is 2030 g/mol. The quantitative estimate of drug-likeness (QED) is 0.118. The van der Waals surface area contributed by atoms with Crippen molar-refractivity contribution in [1.29, 1.82) is 0 Å². The number of phenolic OH excluding ortho intramolecular Hbond substituents is 2. The largest absolute Gasteiger partial charge is 0.508 e. The zero-order chi connectivity index (χ0) is 103. The van der Waals surface area contributed by atoms with Crippen molar-refractivity contribution in [3.05, 3.63) is 504 Å². The molecule has 19 heteroatoms. The van der Waals surface area contributed by atoms with Crippen LogP contribution < -0.4 is 39.1 Å². The van der Waals surface area contributed by atoms with Crippen LogP contribution in [-0.2, 0) is 27.1 Å². The Bertz CT molecular complexity index is 8640. The van der Waals surface area contributed by atoms with Crippen LogP contribution >= 0.6 is 15.9 Å². The van der Waals surface area contributed by atoms with E-state index >= 15 is 0 Å². The number of halogens is 1. The molecule has 3 N–H and O–H groups in total. The monoisotopic (exact) mass is 2030 g/mol. The molecule has 0 fully saturated rings. The Morgan fingerprint density at radius 3 is 0.893 bits per heavy atom. The second-order valence-corrected chi connectivity index (χ2v) is 41.3. The van der Waals surface area contributed by atoms with Crippen molar-refractivity contribution in [3.8, 4) is 46.1 Å². The molecule has 0 bridgehead atoms. The van der Waals surface area contributed by atoms with Crippen LogP contribution in [0.5, 0.6) is 34.5 Å². The number of hydrogen-bond donors (Lipinski definition) is 3. The van der Waals surface area contributed by atoms with Crippen molar-refractivity contribution < 1.29 is 24.4 Å². The number of para-hydroxylation sites is 7. The number of methoxy groups -OCH3 is 2. The predicted molar refractivity (Wildman–Crippen MR) is 614 cm³/mol. The maximum absolute atomic E-state index is 10.0. The fraction of sp³-hybridized carbons (Fsp3) is 0.130. The van der Waals surface area contributed by atoms with Crippen molar-refractivity contribution in [2.45, 2.75) is 96.3 Å². The van der Waals surface area contributed by atoms with Gasteiger partial charge in [0.2, 0.25) is 0 Å². The number of ether oxygens (including phenoxy) is 3. The van der Waals surface area contributed by atoms with E-state index in [2.05, 4.69) is 381 Å². The summed E-state index contributed by atoms with van der Waals surface area (Å²) in [5.41, 5.74) is 27.6. The molecule has 0 atom stereocenters. The molecule has 0 amide bonds. The minimum atomic E-state index is -0.182. The number of aromatic nitrogens is 8. The van der Waals surface area contributed by atoms with Gasteiger partial charge in [-0.2, -0.15) is 0 Å². The summed E-state index contributed by atoms with van der Waals surface area (Å²) in [6.45, 7) is 22.5. The molecule has 14 aromatic carbocycles. The van der Waals surface area contributed by atoms with E-state index in [1.54, 1.807) is 38.7 Å². The van der Waals surface area contributed by atoms with Gasteiger partial charge >= 0.3 is 0 Å². The van der Waals surface area contributed by atoms with Gasteiger partial charge in [-0.1, -0.05) is 285 Å². The van der Waals surface area contributed by atoms with E-state index in [-0.39, 0.29) is 38.6 Å². The number of aromatic hydroxyl groups is 2. The molecular weight excluding hydrogens is 1920 g/mol. The van der Waals surface area contributed by atoms with Gasteiger partial charge in [0, 0.05) is 138 Å². The molecule has 0 saturated carbocycles. The highest BCUT2D eigenvalue weighted by atomic mass is 79.9. The fourth-order valence-electron chi connectivity index (χ4n) is 22.2. The first-order valence-electron chi connectivity index (χ1n) is 50.4. The molecular formula is C131H112BrN13O5. The van der Waals surface area contributed by atoms with Crippen molar-refractivity contribution >= 4 is 140 Å². The van der Waals surface area contributed by atoms with Gasteiger partial charge in [0.1, 0.15) is 69.4 Å². The second kappa shape index (κ2) is 39.8. The van der Waals surface area contributed by atoms with Gasteiger partial charge in [-0.3, -0.25) is 28.7 Å². The van der Waals surface area contributed by atoms with Crippen LogP contribution in [0.4, 0.5) is 80.1 Å². The van der Waals surface area contributed by atoms with Gasteiger partial charge in [0.25, 0.3) is 0 Å². The second-order valence-electron chi connectivity index (χ2n) is 40.4. The Hall–Kier alpha value is -17.9. The number of anilines is 14. The van der Waals surface area contributed by atoms with Crippen LogP contribution in [0.3, 0.4) is 0 Å². The molecule has 0 aliphatic carbocycles. The van der Waals surface area contributed by atoms with E-state index in [4.69, 9.17) is 19.2 Å². The highest BCUT2D eigenvalue weighted by Gasteiger charge is 2.43. The number of phenols is 2. The summed E-state index contributed by atoms with van der Waals surface area (Å²) < 4.78 is 22.8. The lowest BCUT2D eigenvalue weighted by Crippen LogP contribution is -2.30. The summed E-state index contributed by atoms with van der Waals surface area (Å²) >= 11 is 3.56. The lowest BCUT2D eigenvalue weighted by molar-refractivity contribution is 0.414. The van der Waals surface area contributed by atoms with Gasteiger partial charge in [-0.15, -0.1) is 0 Å². The maximum Gasteiger partial charge on any atom is 0.137 e. The summed E-state index contributed by atoms with van der Waals surface area (Å²) in [5.74, 6) is 9.10. The minimum Gasteiger partial charge on any atom is -0.508 e. The van der Waals surface area contributed by atoms with E-state index in [1.165, 1.54) is 94.2 Å². The molecule has 0 unspecified atom stereocenters. The first kappa shape index (κ1) is 96.8. The smallest absolute Gasteiger partial charge is 0.137 e. The molecule has 8 aromatic heterocycles. The zero-order valence-electron chi connectivity index (χ0n) is 85.5. The van der Waals surface area contributed by atoms with Crippen molar-refractivity contribution in [2.24, 2.45) is 0 Å². The molecule has 22 aromatic rings. The molecule has 5 aliphatic heterocycles.